The van der Waals surface area contributed by atoms with Gasteiger partial charge in [-0.25, -0.2) is 4.39 Å². The van der Waals surface area contributed by atoms with Crippen LogP contribution in [0.1, 0.15) is 11.1 Å². The molecule has 0 heterocycles. The van der Waals surface area contributed by atoms with Gasteiger partial charge in [0.15, 0.2) is 0 Å². The van der Waals surface area contributed by atoms with Crippen LogP contribution in [-0.4, -0.2) is 6.04 Å². The first kappa shape index (κ1) is 13.2. The summed E-state index contributed by atoms with van der Waals surface area (Å²) in [7, 11) is 0. The van der Waals surface area contributed by atoms with Gasteiger partial charge in [0, 0.05) is 10.5 Å². The van der Waals surface area contributed by atoms with Crippen LogP contribution >= 0.6 is 15.9 Å². The largest absolute Gasteiger partial charge is 0.327 e. The summed E-state index contributed by atoms with van der Waals surface area (Å²) < 4.78 is 14.6. The molecular formula is C15H15BrFN. The van der Waals surface area contributed by atoms with Gasteiger partial charge in [-0.15, -0.1) is 0 Å². The Morgan fingerprint density at radius 3 is 2.17 bits per heavy atom. The summed E-state index contributed by atoms with van der Waals surface area (Å²) in [5, 5.41) is 0. The van der Waals surface area contributed by atoms with Gasteiger partial charge in [0.05, 0.1) is 0 Å². The molecule has 0 bridgehead atoms. The molecule has 1 atom stereocenters. The fraction of sp³-hybridized carbons (Fsp3) is 0.200. The van der Waals surface area contributed by atoms with Crippen LogP contribution in [0.3, 0.4) is 0 Å². The summed E-state index contributed by atoms with van der Waals surface area (Å²) >= 11 is 3.50. The minimum absolute atomic E-state index is 0.0828. The Morgan fingerprint density at radius 1 is 0.944 bits per heavy atom. The van der Waals surface area contributed by atoms with E-state index >= 15 is 0 Å². The lowest BCUT2D eigenvalue weighted by molar-refractivity contribution is 0.583. The number of halogens is 2. The van der Waals surface area contributed by atoms with E-state index < -0.39 is 0 Å². The molecule has 2 rings (SSSR count). The van der Waals surface area contributed by atoms with Gasteiger partial charge in [0.1, 0.15) is 5.82 Å². The van der Waals surface area contributed by atoms with Gasteiger partial charge in [-0.05, 0) is 36.1 Å². The van der Waals surface area contributed by atoms with Crippen LogP contribution in [-0.2, 0) is 12.8 Å². The molecule has 0 fully saturated rings. The van der Waals surface area contributed by atoms with Gasteiger partial charge in [-0.2, -0.15) is 0 Å². The summed E-state index contributed by atoms with van der Waals surface area (Å²) in [6, 6.07) is 14.7. The second-order valence-corrected chi connectivity index (χ2v) is 5.21. The molecule has 94 valence electrons. The van der Waals surface area contributed by atoms with E-state index in [1.807, 2.05) is 30.3 Å². The molecule has 18 heavy (non-hydrogen) atoms. The van der Waals surface area contributed by atoms with E-state index in [0.717, 1.165) is 16.5 Å². The Balaban J connectivity index is 2.04. The summed E-state index contributed by atoms with van der Waals surface area (Å²) in [5.74, 6) is -0.180. The van der Waals surface area contributed by atoms with Crippen molar-refractivity contribution in [2.45, 2.75) is 18.9 Å². The lowest BCUT2D eigenvalue weighted by Crippen LogP contribution is -2.26. The zero-order valence-electron chi connectivity index (χ0n) is 9.94. The Hall–Kier alpha value is -1.19. The van der Waals surface area contributed by atoms with E-state index in [0.29, 0.717) is 12.0 Å². The Kier molecular flexibility index (Phi) is 4.50. The van der Waals surface area contributed by atoms with Crippen molar-refractivity contribution in [2.75, 3.05) is 0 Å². The number of rotatable bonds is 4. The maximum atomic E-state index is 13.5. The molecule has 0 spiro atoms. The fourth-order valence-corrected chi connectivity index (χ4v) is 2.41. The highest BCUT2D eigenvalue weighted by atomic mass is 79.9. The van der Waals surface area contributed by atoms with Gasteiger partial charge in [-0.1, -0.05) is 52.3 Å². The van der Waals surface area contributed by atoms with E-state index in [9.17, 15) is 4.39 Å². The van der Waals surface area contributed by atoms with Crippen molar-refractivity contribution in [3.8, 4) is 0 Å². The molecule has 1 unspecified atom stereocenters. The molecule has 0 aromatic heterocycles. The summed E-state index contributed by atoms with van der Waals surface area (Å²) in [5.41, 5.74) is 7.92. The molecule has 0 radical (unpaired) electrons. The number of hydrogen-bond acceptors (Lipinski definition) is 1. The first-order valence-electron chi connectivity index (χ1n) is 5.89. The third kappa shape index (κ3) is 3.40. The number of nitrogens with two attached hydrogens (primary N) is 1. The number of hydrogen-bond donors (Lipinski definition) is 1. The van der Waals surface area contributed by atoms with Crippen LogP contribution in [0.15, 0.2) is 53.0 Å². The lowest BCUT2D eigenvalue weighted by atomic mass is 9.99. The van der Waals surface area contributed by atoms with Gasteiger partial charge >= 0.3 is 0 Å². The van der Waals surface area contributed by atoms with Crippen molar-refractivity contribution in [3.63, 3.8) is 0 Å². The van der Waals surface area contributed by atoms with E-state index in [2.05, 4.69) is 15.9 Å². The van der Waals surface area contributed by atoms with E-state index in [4.69, 9.17) is 5.73 Å². The van der Waals surface area contributed by atoms with Crippen LogP contribution in [0.5, 0.6) is 0 Å². The third-order valence-electron chi connectivity index (χ3n) is 2.88. The van der Waals surface area contributed by atoms with Crippen molar-refractivity contribution in [1.29, 1.82) is 0 Å². The van der Waals surface area contributed by atoms with Crippen LogP contribution in [0.2, 0.25) is 0 Å². The minimum atomic E-state index is -0.180. The molecule has 2 N–H and O–H groups in total. The molecule has 0 aliphatic heterocycles. The maximum absolute atomic E-state index is 13.5. The molecule has 1 nitrogen and oxygen atoms in total. The summed E-state index contributed by atoms with van der Waals surface area (Å²) in [6.07, 6.45) is 1.28. The predicted octanol–water partition coefficient (Wildman–Crippen LogP) is 3.70. The van der Waals surface area contributed by atoms with E-state index in [1.54, 1.807) is 12.1 Å². The number of benzene rings is 2. The highest BCUT2D eigenvalue weighted by Crippen LogP contribution is 2.18. The van der Waals surface area contributed by atoms with Crippen LogP contribution in [0, 0.1) is 5.82 Å². The standard InChI is InChI=1S/C15H15BrFN/c16-14-7-3-1-5-11(14)9-13(18)10-12-6-2-4-8-15(12)17/h1-8,13H,9-10,18H2. The van der Waals surface area contributed by atoms with Gasteiger partial charge in [-0.3, -0.25) is 0 Å². The molecule has 0 aliphatic carbocycles. The summed E-state index contributed by atoms with van der Waals surface area (Å²) in [4.78, 5) is 0. The van der Waals surface area contributed by atoms with Crippen LogP contribution in [0.25, 0.3) is 0 Å². The van der Waals surface area contributed by atoms with Gasteiger partial charge in [0.2, 0.25) is 0 Å². The van der Waals surface area contributed by atoms with E-state index in [-0.39, 0.29) is 11.9 Å². The SMILES string of the molecule is NC(Cc1ccccc1F)Cc1ccccc1Br. The first-order chi connectivity index (χ1) is 8.66. The Morgan fingerprint density at radius 2 is 1.50 bits per heavy atom. The predicted molar refractivity (Wildman–Crippen MR) is 75.9 cm³/mol. The minimum Gasteiger partial charge on any atom is -0.327 e. The average Bonchev–Trinajstić information content (AvgIpc) is 2.35. The molecule has 3 heteroatoms. The van der Waals surface area contributed by atoms with Gasteiger partial charge < -0.3 is 5.73 Å². The highest BCUT2D eigenvalue weighted by Gasteiger charge is 2.10. The van der Waals surface area contributed by atoms with Crippen molar-refractivity contribution in [3.05, 3.63) is 69.9 Å². The van der Waals surface area contributed by atoms with Crippen molar-refractivity contribution >= 4 is 15.9 Å². The molecule has 0 saturated heterocycles. The second-order valence-electron chi connectivity index (χ2n) is 4.35. The molecular weight excluding hydrogens is 293 g/mol. The first-order valence-corrected chi connectivity index (χ1v) is 6.68. The fourth-order valence-electron chi connectivity index (χ4n) is 1.96. The second kappa shape index (κ2) is 6.12. The van der Waals surface area contributed by atoms with Crippen molar-refractivity contribution in [1.82, 2.24) is 0 Å². The quantitative estimate of drug-likeness (QED) is 0.915. The Labute approximate surface area is 115 Å². The van der Waals surface area contributed by atoms with Crippen LogP contribution < -0.4 is 5.73 Å². The third-order valence-corrected chi connectivity index (χ3v) is 3.65. The topological polar surface area (TPSA) is 26.0 Å². The zero-order chi connectivity index (χ0) is 13.0. The zero-order valence-corrected chi connectivity index (χ0v) is 11.5. The molecule has 2 aromatic carbocycles. The Bertz CT molecular complexity index is 480. The molecule has 0 aliphatic rings. The lowest BCUT2D eigenvalue weighted by Gasteiger charge is -2.13. The maximum Gasteiger partial charge on any atom is 0.126 e. The highest BCUT2D eigenvalue weighted by molar-refractivity contribution is 9.10. The molecule has 2 aromatic rings. The van der Waals surface area contributed by atoms with Crippen molar-refractivity contribution in [2.24, 2.45) is 5.73 Å². The molecule has 0 amide bonds. The van der Waals surface area contributed by atoms with Gasteiger partial charge in [0.25, 0.3) is 0 Å². The molecule has 0 saturated carbocycles. The normalized spacial score (nSPS) is 12.4. The van der Waals surface area contributed by atoms with Crippen LogP contribution in [0.4, 0.5) is 4.39 Å². The summed E-state index contributed by atoms with van der Waals surface area (Å²) in [6.45, 7) is 0. The smallest absolute Gasteiger partial charge is 0.126 e. The van der Waals surface area contributed by atoms with E-state index in [1.165, 1.54) is 6.07 Å². The monoisotopic (exact) mass is 307 g/mol. The average molecular weight is 308 g/mol. The van der Waals surface area contributed by atoms with Crippen molar-refractivity contribution < 1.29 is 4.39 Å².